The van der Waals surface area contributed by atoms with Crippen LogP contribution in [0, 0.1) is 11.5 Å². The molecule has 0 aliphatic carbocycles. The van der Waals surface area contributed by atoms with Crippen LogP contribution in [0.15, 0.2) is 12.1 Å². The molecular weight excluding hydrogens is 351 g/mol. The first-order valence-corrected chi connectivity index (χ1v) is 11.1. The van der Waals surface area contributed by atoms with Crippen molar-refractivity contribution in [2.45, 2.75) is 32.2 Å². The summed E-state index contributed by atoms with van der Waals surface area (Å²) < 4.78 is 47.2. The molecule has 0 spiro atoms. The minimum atomic E-state index is -4.89. The minimum Gasteiger partial charge on any atom is -0.496 e. The lowest BCUT2D eigenvalue weighted by Crippen LogP contribution is -2.37. The summed E-state index contributed by atoms with van der Waals surface area (Å²) in [7, 11) is 1.38. The number of rotatable bonds is 5. The molecule has 25 heavy (non-hydrogen) atoms. The van der Waals surface area contributed by atoms with Crippen molar-refractivity contribution in [1.29, 1.82) is 0 Å². The summed E-state index contributed by atoms with van der Waals surface area (Å²) >= 11 is 0. The van der Waals surface area contributed by atoms with E-state index in [2.05, 4.69) is 31.1 Å². The second kappa shape index (κ2) is 8.29. The van der Waals surface area contributed by atoms with Crippen LogP contribution >= 0.6 is 0 Å². The van der Waals surface area contributed by atoms with Gasteiger partial charge in [-0.3, -0.25) is 4.79 Å². The van der Waals surface area contributed by atoms with Gasteiger partial charge in [-0.25, -0.2) is 0 Å². The smallest absolute Gasteiger partial charge is 0.471 e. The molecule has 138 valence electrons. The fraction of sp³-hybridized carbons (Fsp3) is 0.471. The van der Waals surface area contributed by atoms with Gasteiger partial charge in [-0.05, 0) is 24.1 Å². The van der Waals surface area contributed by atoms with Gasteiger partial charge < -0.3 is 14.8 Å². The quantitative estimate of drug-likeness (QED) is 0.637. The zero-order valence-corrected chi connectivity index (χ0v) is 15.9. The number of hydrogen-bond acceptors (Lipinski definition) is 3. The second-order valence-corrected chi connectivity index (χ2v) is 11.1. The van der Waals surface area contributed by atoms with E-state index in [4.69, 9.17) is 9.47 Å². The fourth-order valence-electron chi connectivity index (χ4n) is 1.92. The number of halogens is 3. The van der Waals surface area contributed by atoms with Crippen molar-refractivity contribution >= 4 is 14.0 Å². The van der Waals surface area contributed by atoms with E-state index < -0.39 is 20.2 Å². The Morgan fingerprint density at radius 2 is 1.76 bits per heavy atom. The van der Waals surface area contributed by atoms with Gasteiger partial charge in [0, 0.05) is 6.54 Å². The van der Waals surface area contributed by atoms with Crippen LogP contribution < -0.4 is 14.8 Å². The molecule has 0 bridgehead atoms. The first-order valence-electron chi connectivity index (χ1n) is 7.61. The summed E-state index contributed by atoms with van der Waals surface area (Å²) in [6, 6.07) is 3.37. The average Bonchev–Trinajstić information content (AvgIpc) is 2.51. The highest BCUT2D eigenvalue weighted by Crippen LogP contribution is 2.29. The second-order valence-electron chi connectivity index (χ2n) is 6.37. The van der Waals surface area contributed by atoms with Gasteiger partial charge in [0.15, 0.2) is 0 Å². The number of amides is 1. The number of carbonyl (C=O) groups is 1. The lowest BCUT2D eigenvalue weighted by atomic mass is 10.1. The van der Waals surface area contributed by atoms with Crippen LogP contribution in [-0.4, -0.2) is 40.9 Å². The highest BCUT2D eigenvalue weighted by Gasteiger charge is 2.38. The van der Waals surface area contributed by atoms with Crippen molar-refractivity contribution in [2.75, 3.05) is 20.8 Å². The van der Waals surface area contributed by atoms with Gasteiger partial charge in [0.2, 0.25) is 0 Å². The highest BCUT2D eigenvalue weighted by molar-refractivity contribution is 6.83. The predicted octanol–water partition coefficient (Wildman–Crippen LogP) is 3.15. The van der Waals surface area contributed by atoms with E-state index in [1.165, 1.54) is 14.2 Å². The third-order valence-corrected chi connectivity index (χ3v) is 3.99. The van der Waals surface area contributed by atoms with Gasteiger partial charge in [-0.2, -0.15) is 13.2 Å². The van der Waals surface area contributed by atoms with Crippen molar-refractivity contribution in [3.63, 3.8) is 0 Å². The van der Waals surface area contributed by atoms with E-state index in [0.29, 0.717) is 22.6 Å². The molecule has 1 rings (SSSR count). The third-order valence-electron chi connectivity index (χ3n) is 3.11. The molecule has 0 saturated heterocycles. The van der Waals surface area contributed by atoms with Crippen LogP contribution in [0.4, 0.5) is 13.2 Å². The molecule has 0 atom stereocenters. The monoisotopic (exact) mass is 373 g/mol. The molecule has 1 aromatic carbocycles. The molecule has 8 heteroatoms. The maximum atomic E-state index is 12.2. The summed E-state index contributed by atoms with van der Waals surface area (Å²) in [5, 5.41) is 1.84. The lowest BCUT2D eigenvalue weighted by molar-refractivity contribution is -0.173. The molecule has 1 aromatic rings. The van der Waals surface area contributed by atoms with Crippen molar-refractivity contribution in [1.82, 2.24) is 5.32 Å². The van der Waals surface area contributed by atoms with Crippen LogP contribution in [0.5, 0.6) is 11.5 Å². The van der Waals surface area contributed by atoms with E-state index in [0.717, 1.165) is 0 Å². The van der Waals surface area contributed by atoms with Gasteiger partial charge in [0.1, 0.15) is 19.6 Å². The number of ether oxygens (including phenoxy) is 2. The largest absolute Gasteiger partial charge is 0.496 e. The van der Waals surface area contributed by atoms with Crippen LogP contribution in [0.2, 0.25) is 19.6 Å². The normalized spacial score (nSPS) is 11.4. The van der Waals surface area contributed by atoms with Crippen molar-refractivity contribution in [2.24, 2.45) is 0 Å². The van der Waals surface area contributed by atoms with Crippen molar-refractivity contribution in [3.05, 3.63) is 23.3 Å². The molecule has 1 N–H and O–H groups in total. The number of methoxy groups -OCH3 is 2. The Morgan fingerprint density at radius 3 is 2.24 bits per heavy atom. The Balaban J connectivity index is 3.01. The van der Waals surface area contributed by atoms with E-state index in [1.54, 1.807) is 12.1 Å². The van der Waals surface area contributed by atoms with Gasteiger partial charge in [-0.15, -0.1) is 5.54 Å². The zero-order valence-electron chi connectivity index (χ0n) is 14.9. The summed E-state index contributed by atoms with van der Waals surface area (Å²) in [4.78, 5) is 10.9. The summed E-state index contributed by atoms with van der Waals surface area (Å²) in [6.07, 6.45) is -4.72. The van der Waals surface area contributed by atoms with E-state index >= 15 is 0 Å². The van der Waals surface area contributed by atoms with Gasteiger partial charge in [0.05, 0.1) is 19.8 Å². The molecule has 0 aliphatic heterocycles. The molecule has 0 unspecified atom stereocenters. The van der Waals surface area contributed by atoms with Gasteiger partial charge >= 0.3 is 12.1 Å². The van der Waals surface area contributed by atoms with Gasteiger partial charge in [0.25, 0.3) is 0 Å². The minimum absolute atomic E-state index is 0.169. The predicted molar refractivity (Wildman–Crippen MR) is 92.5 cm³/mol. The molecule has 0 radical (unpaired) electrons. The first-order chi connectivity index (χ1) is 11.5. The van der Waals surface area contributed by atoms with Crippen molar-refractivity contribution in [3.8, 4) is 23.0 Å². The SMILES string of the molecule is COc1cc(CCNC(=O)C(F)(F)F)c(OC)cc1C#C[Si](C)(C)C. The Hall–Kier alpha value is -2.14. The Labute approximate surface area is 146 Å². The molecule has 4 nitrogen and oxygen atoms in total. The fourth-order valence-corrected chi connectivity index (χ4v) is 2.43. The summed E-state index contributed by atoms with van der Waals surface area (Å²) in [5.41, 5.74) is 4.51. The van der Waals surface area contributed by atoms with E-state index in [-0.39, 0.29) is 13.0 Å². The van der Waals surface area contributed by atoms with Crippen LogP contribution in [0.25, 0.3) is 0 Å². The van der Waals surface area contributed by atoms with Crippen LogP contribution in [0.3, 0.4) is 0 Å². The molecule has 0 aromatic heterocycles. The summed E-state index contributed by atoms with van der Waals surface area (Å²) in [5.74, 6) is 2.13. The Bertz CT molecular complexity index is 685. The van der Waals surface area contributed by atoms with E-state index in [9.17, 15) is 18.0 Å². The van der Waals surface area contributed by atoms with E-state index in [1.807, 2.05) is 5.32 Å². The molecule has 0 saturated carbocycles. The van der Waals surface area contributed by atoms with Gasteiger partial charge in [-0.1, -0.05) is 25.6 Å². The maximum absolute atomic E-state index is 12.2. The highest BCUT2D eigenvalue weighted by atomic mass is 28.3. The number of carbonyl (C=O) groups excluding carboxylic acids is 1. The first kappa shape index (κ1) is 20.9. The zero-order chi connectivity index (χ0) is 19.3. The number of hydrogen-bond donors (Lipinski definition) is 1. The molecular formula is C17H22F3NO3Si. The van der Waals surface area contributed by atoms with Crippen LogP contribution in [-0.2, 0) is 11.2 Å². The summed E-state index contributed by atoms with van der Waals surface area (Å²) in [6.45, 7) is 6.17. The standard InChI is InChI=1S/C17H22F3NO3Si/c1-23-14-11-13(7-9-25(3,4)5)15(24-2)10-12(14)6-8-21-16(22)17(18,19)20/h10-11H,6,8H2,1-5H3,(H,21,22). The maximum Gasteiger partial charge on any atom is 0.471 e. The Morgan fingerprint density at radius 1 is 1.16 bits per heavy atom. The number of benzene rings is 1. The Kier molecular flexibility index (Phi) is 6.93. The lowest BCUT2D eigenvalue weighted by Gasteiger charge is -2.14. The van der Waals surface area contributed by atoms with Crippen molar-refractivity contribution < 1.29 is 27.4 Å². The van der Waals surface area contributed by atoms with Crippen LogP contribution in [0.1, 0.15) is 11.1 Å². The molecule has 0 aliphatic rings. The topological polar surface area (TPSA) is 47.6 Å². The third kappa shape index (κ3) is 6.70. The average molecular weight is 373 g/mol. The number of nitrogens with one attached hydrogen (secondary N) is 1. The molecule has 0 heterocycles. The molecule has 0 fully saturated rings. The molecule has 1 amide bonds. The number of alkyl halides is 3.